The second kappa shape index (κ2) is 8.96. The van der Waals surface area contributed by atoms with E-state index in [1.165, 1.54) is 18.2 Å². The fraction of sp³-hybridized carbons (Fsp3) is 0.111. The van der Waals surface area contributed by atoms with E-state index in [1.54, 1.807) is 19.1 Å². The molecule has 0 heterocycles. The number of hydrogen-bond acceptors (Lipinski definition) is 6. The summed E-state index contributed by atoms with van der Waals surface area (Å²) in [5, 5.41) is 11.7. The molecule has 0 fully saturated rings. The quantitative estimate of drug-likeness (QED) is 0.415. The molecule has 2 N–H and O–H groups in total. The van der Waals surface area contributed by atoms with Crippen LogP contribution in [0.1, 0.15) is 6.92 Å². The Balaban J connectivity index is 2.31. The van der Waals surface area contributed by atoms with Gasteiger partial charge in [-0.1, -0.05) is 12.1 Å². The van der Waals surface area contributed by atoms with Crippen molar-refractivity contribution in [1.82, 2.24) is 0 Å². The zero-order valence-electron chi connectivity index (χ0n) is 14.6. The monoisotopic (exact) mass is 407 g/mol. The van der Waals surface area contributed by atoms with Crippen molar-refractivity contribution in [2.24, 2.45) is 0 Å². The second-order valence-corrected chi connectivity index (χ2v) is 6.97. The van der Waals surface area contributed by atoms with E-state index in [2.05, 4.69) is 10.0 Å². The lowest BCUT2D eigenvalue weighted by Gasteiger charge is -2.13. The number of nitrogens with zero attached hydrogens (tertiary/aromatic N) is 1. The van der Waals surface area contributed by atoms with E-state index in [0.717, 1.165) is 6.20 Å². The summed E-state index contributed by atoms with van der Waals surface area (Å²) in [6.45, 7) is 1.66. The normalized spacial score (nSPS) is 11.4. The number of para-hydroxylation sites is 2. The molecule has 0 aliphatic carbocycles. The van der Waals surface area contributed by atoms with Crippen LogP contribution >= 0.6 is 0 Å². The number of sulfonamides is 1. The van der Waals surface area contributed by atoms with Crippen LogP contribution in [0.3, 0.4) is 0 Å². The van der Waals surface area contributed by atoms with Crippen LogP contribution in [-0.2, 0) is 19.6 Å². The van der Waals surface area contributed by atoms with Gasteiger partial charge in [0.25, 0.3) is 10.0 Å². The highest BCUT2D eigenvalue weighted by atomic mass is 32.2. The molecule has 0 atom stereocenters. The molecule has 28 heavy (non-hydrogen) atoms. The van der Waals surface area contributed by atoms with Gasteiger partial charge in [0, 0.05) is 12.3 Å². The van der Waals surface area contributed by atoms with E-state index in [4.69, 9.17) is 10.00 Å². The lowest BCUT2D eigenvalue weighted by atomic mass is 10.2. The largest absolute Gasteiger partial charge is 0.462 e. The molecule has 0 aliphatic rings. The fourth-order valence-electron chi connectivity index (χ4n) is 2.08. The van der Waals surface area contributed by atoms with Crippen molar-refractivity contribution >= 4 is 27.4 Å². The number of rotatable bonds is 7. The third-order valence-electron chi connectivity index (χ3n) is 3.31. The number of hydrogen-bond donors (Lipinski definition) is 2. The van der Waals surface area contributed by atoms with Gasteiger partial charge in [0.2, 0.25) is 0 Å². The minimum absolute atomic E-state index is 0.0320. The molecule has 0 bridgehead atoms. The molecule has 2 rings (SSSR count). The molecular formula is C18H15F2N3O4S. The number of carbonyl (C=O) groups excluding carboxylic acids is 1. The lowest BCUT2D eigenvalue weighted by Crippen LogP contribution is -2.15. The average Bonchev–Trinajstić information content (AvgIpc) is 2.62. The van der Waals surface area contributed by atoms with Crippen LogP contribution in [0.4, 0.5) is 20.2 Å². The highest BCUT2D eigenvalue weighted by Gasteiger charge is 2.18. The summed E-state index contributed by atoms with van der Waals surface area (Å²) in [6, 6.07) is 9.53. The third-order valence-corrected chi connectivity index (χ3v) is 4.65. The SMILES string of the molecule is CCOC(=O)/C(C#N)=C/Nc1ccccc1NS(=O)(=O)c1cc(F)cc(F)c1. The van der Waals surface area contributed by atoms with E-state index in [-0.39, 0.29) is 23.6 Å². The number of esters is 1. The zero-order valence-corrected chi connectivity index (χ0v) is 15.4. The summed E-state index contributed by atoms with van der Waals surface area (Å²) < 4.78 is 58.5. The Morgan fingerprint density at radius 2 is 1.79 bits per heavy atom. The Morgan fingerprint density at radius 1 is 1.18 bits per heavy atom. The molecule has 146 valence electrons. The minimum Gasteiger partial charge on any atom is -0.462 e. The molecule has 0 unspecified atom stereocenters. The van der Waals surface area contributed by atoms with Gasteiger partial charge in [-0.3, -0.25) is 4.72 Å². The summed E-state index contributed by atoms with van der Waals surface area (Å²) in [5.41, 5.74) is -0.101. The number of halogens is 2. The molecule has 0 saturated carbocycles. The van der Waals surface area contributed by atoms with E-state index in [9.17, 15) is 22.0 Å². The van der Waals surface area contributed by atoms with Gasteiger partial charge in [0.05, 0.1) is 22.9 Å². The molecule has 0 radical (unpaired) electrons. The van der Waals surface area contributed by atoms with Gasteiger partial charge in [0.1, 0.15) is 17.7 Å². The number of benzene rings is 2. The van der Waals surface area contributed by atoms with Gasteiger partial charge in [-0.15, -0.1) is 0 Å². The lowest BCUT2D eigenvalue weighted by molar-refractivity contribution is -0.138. The Hall–Kier alpha value is -3.45. The van der Waals surface area contributed by atoms with Crippen molar-refractivity contribution in [3.05, 3.63) is 65.9 Å². The summed E-state index contributed by atoms with van der Waals surface area (Å²) in [5.74, 6) is -2.92. The molecule has 2 aromatic rings. The molecule has 10 heteroatoms. The van der Waals surface area contributed by atoms with Crippen LogP contribution in [0.25, 0.3) is 0 Å². The first-order chi connectivity index (χ1) is 13.3. The van der Waals surface area contributed by atoms with Crippen LogP contribution in [-0.4, -0.2) is 21.0 Å². The van der Waals surface area contributed by atoms with Crippen molar-refractivity contribution in [2.45, 2.75) is 11.8 Å². The van der Waals surface area contributed by atoms with Crippen LogP contribution in [0.2, 0.25) is 0 Å². The summed E-state index contributed by atoms with van der Waals surface area (Å²) >= 11 is 0. The van der Waals surface area contributed by atoms with Gasteiger partial charge in [-0.25, -0.2) is 22.0 Å². The van der Waals surface area contributed by atoms with E-state index < -0.39 is 32.5 Å². The third kappa shape index (κ3) is 5.28. The van der Waals surface area contributed by atoms with Crippen LogP contribution < -0.4 is 10.0 Å². The highest BCUT2D eigenvalue weighted by Crippen LogP contribution is 2.25. The number of nitriles is 1. The van der Waals surface area contributed by atoms with Crippen molar-refractivity contribution in [3.63, 3.8) is 0 Å². The van der Waals surface area contributed by atoms with Gasteiger partial charge in [0.15, 0.2) is 5.57 Å². The van der Waals surface area contributed by atoms with Crippen LogP contribution in [0.5, 0.6) is 0 Å². The number of anilines is 2. The van der Waals surface area contributed by atoms with Crippen molar-refractivity contribution < 1.29 is 26.7 Å². The Kier molecular flexibility index (Phi) is 6.68. The molecule has 7 nitrogen and oxygen atoms in total. The molecule has 0 saturated heterocycles. The average molecular weight is 407 g/mol. The molecular weight excluding hydrogens is 392 g/mol. The second-order valence-electron chi connectivity index (χ2n) is 5.29. The Bertz CT molecular complexity index is 1040. The molecule has 0 aliphatic heterocycles. The predicted octanol–water partition coefficient (Wildman–Crippen LogP) is 3.15. The fourth-order valence-corrected chi connectivity index (χ4v) is 3.20. The standard InChI is InChI=1S/C18H15F2N3O4S/c1-2-27-18(24)12(10-21)11-22-16-5-3-4-6-17(16)23-28(25,26)15-8-13(19)7-14(20)9-15/h3-9,11,22-23H,2H2,1H3/b12-11+. The van der Waals surface area contributed by atoms with Crippen LogP contribution in [0.15, 0.2) is 59.1 Å². The molecule has 2 aromatic carbocycles. The van der Waals surface area contributed by atoms with Gasteiger partial charge < -0.3 is 10.1 Å². The van der Waals surface area contributed by atoms with Gasteiger partial charge >= 0.3 is 5.97 Å². The van der Waals surface area contributed by atoms with Crippen molar-refractivity contribution in [2.75, 3.05) is 16.6 Å². The maximum absolute atomic E-state index is 13.3. The van der Waals surface area contributed by atoms with Crippen LogP contribution in [0, 0.1) is 23.0 Å². The summed E-state index contributed by atoms with van der Waals surface area (Å²) in [7, 11) is -4.30. The topological polar surface area (TPSA) is 108 Å². The first kappa shape index (κ1) is 20.9. The van der Waals surface area contributed by atoms with Crippen molar-refractivity contribution in [1.29, 1.82) is 5.26 Å². The predicted molar refractivity (Wildman–Crippen MR) is 97.6 cm³/mol. The summed E-state index contributed by atoms with van der Waals surface area (Å²) in [4.78, 5) is 11.0. The Morgan fingerprint density at radius 3 is 2.36 bits per heavy atom. The van der Waals surface area contributed by atoms with E-state index in [1.807, 2.05) is 0 Å². The summed E-state index contributed by atoms with van der Waals surface area (Å²) in [6.07, 6.45) is 1.06. The zero-order chi connectivity index (χ0) is 20.7. The Labute approximate surface area is 160 Å². The van der Waals surface area contributed by atoms with E-state index in [0.29, 0.717) is 18.2 Å². The van der Waals surface area contributed by atoms with Gasteiger partial charge in [-0.2, -0.15) is 5.26 Å². The first-order valence-corrected chi connectivity index (χ1v) is 9.37. The molecule has 0 amide bonds. The number of carbonyl (C=O) groups is 1. The van der Waals surface area contributed by atoms with E-state index >= 15 is 0 Å². The van der Waals surface area contributed by atoms with Crippen molar-refractivity contribution in [3.8, 4) is 6.07 Å². The molecule has 0 aromatic heterocycles. The minimum atomic E-state index is -4.30. The number of ether oxygens (including phenoxy) is 1. The highest BCUT2D eigenvalue weighted by molar-refractivity contribution is 7.92. The maximum atomic E-state index is 13.3. The number of nitrogens with one attached hydrogen (secondary N) is 2. The maximum Gasteiger partial charge on any atom is 0.350 e. The van der Waals surface area contributed by atoms with Gasteiger partial charge in [-0.05, 0) is 31.2 Å². The smallest absolute Gasteiger partial charge is 0.350 e. The first-order valence-electron chi connectivity index (χ1n) is 7.88. The molecule has 0 spiro atoms.